The summed E-state index contributed by atoms with van der Waals surface area (Å²) in [6.07, 6.45) is -0.0979. The number of methoxy groups -OCH3 is 3. The van der Waals surface area contributed by atoms with Gasteiger partial charge in [-0.2, -0.15) is 0 Å². The number of aliphatic carboxylic acids is 1. The molecule has 0 spiro atoms. The van der Waals surface area contributed by atoms with Crippen LogP contribution in [0.5, 0.6) is 17.2 Å². The number of hydrogen-bond acceptors (Lipinski definition) is 8. The maximum Gasteiger partial charge on any atom is 0.323 e. The second-order valence-corrected chi connectivity index (χ2v) is 12.5. The Kier molecular flexibility index (Phi) is 13.4. The normalized spacial score (nSPS) is 12.3. The Morgan fingerprint density at radius 1 is 0.816 bits per heavy atom. The first-order chi connectivity index (χ1) is 23.2. The van der Waals surface area contributed by atoms with Crippen LogP contribution in [0.25, 0.3) is 0 Å². The maximum absolute atomic E-state index is 14.0. The van der Waals surface area contributed by atoms with Crippen molar-refractivity contribution in [1.82, 2.24) is 5.32 Å². The Bertz CT molecular complexity index is 1640. The van der Waals surface area contributed by atoms with Gasteiger partial charge >= 0.3 is 12.0 Å². The molecule has 0 saturated carbocycles. The molecular formula is C36H45FN4O8. The number of ether oxygens (including phenoxy) is 3. The van der Waals surface area contributed by atoms with Gasteiger partial charge < -0.3 is 40.6 Å². The molecule has 13 heteroatoms. The van der Waals surface area contributed by atoms with E-state index in [1.54, 1.807) is 56.3 Å². The summed E-state index contributed by atoms with van der Waals surface area (Å²) in [5.41, 5.74) is 0.212. The van der Waals surface area contributed by atoms with Crippen molar-refractivity contribution >= 4 is 40.8 Å². The molecule has 0 aliphatic carbocycles. The third-order valence-electron chi connectivity index (χ3n) is 7.79. The zero-order valence-electron chi connectivity index (χ0n) is 28.8. The van der Waals surface area contributed by atoms with Crippen molar-refractivity contribution in [3.63, 3.8) is 0 Å². The van der Waals surface area contributed by atoms with Crippen LogP contribution in [0.3, 0.4) is 0 Å². The average molecular weight is 681 g/mol. The molecule has 0 aliphatic rings. The summed E-state index contributed by atoms with van der Waals surface area (Å²) in [6, 6.07) is 14.0. The molecule has 0 aliphatic heterocycles. The largest absolute Gasteiger partial charge is 0.494 e. The second-order valence-electron chi connectivity index (χ2n) is 12.5. The van der Waals surface area contributed by atoms with Crippen LogP contribution in [-0.2, 0) is 14.4 Å². The van der Waals surface area contributed by atoms with Crippen LogP contribution >= 0.6 is 0 Å². The number of carboxylic acid groups (broad SMARTS) is 1. The van der Waals surface area contributed by atoms with Crippen LogP contribution < -0.4 is 35.5 Å². The number of carbonyl (C=O) groups is 4. The molecular weight excluding hydrogens is 635 g/mol. The third-order valence-corrected chi connectivity index (χ3v) is 7.79. The Hall–Kier alpha value is -5.33. The van der Waals surface area contributed by atoms with E-state index in [-0.39, 0.29) is 36.0 Å². The molecule has 12 nitrogen and oxygen atoms in total. The standard InChI is InChI=1S/C36H45FN4O8/c1-21(2)16-23(34(45)38-28(20-33(43)44)22-12-15-29(47-5)31(17-22)49-7)18-32(42)36(3,4)41-24-13-14-27(30(19-24)48-6)40-35(46)39-26-11-9-8-10-25(26)37/h8-15,17,19,21,23,28,41H,16,18,20H2,1-7H3,(H,38,45)(H,43,44)(H2,39,40,46)/t23?,28-/m0/s1. The first kappa shape index (κ1) is 38.1. The molecule has 3 rings (SSSR count). The SMILES string of the molecule is COc1cc(NC(C)(C)C(=O)CC(CC(C)C)C(=O)N[C@@H](CC(=O)O)c2ccc(OC)c(OC)c2)ccc1NC(=O)Nc1ccccc1F. The van der Waals surface area contributed by atoms with Crippen molar-refractivity contribution in [2.75, 3.05) is 37.3 Å². The van der Waals surface area contributed by atoms with Crippen LogP contribution in [0.4, 0.5) is 26.2 Å². The fourth-order valence-electron chi connectivity index (χ4n) is 5.26. The van der Waals surface area contributed by atoms with Crippen molar-refractivity contribution < 1.29 is 42.9 Å². The van der Waals surface area contributed by atoms with E-state index in [1.807, 2.05) is 13.8 Å². The van der Waals surface area contributed by atoms with E-state index < -0.39 is 41.2 Å². The molecule has 3 aromatic carbocycles. The van der Waals surface area contributed by atoms with E-state index in [4.69, 9.17) is 14.2 Å². The first-order valence-electron chi connectivity index (χ1n) is 15.7. The van der Waals surface area contributed by atoms with Crippen LogP contribution in [0.1, 0.15) is 58.6 Å². The number of Topliss-reactive ketones (excluding diaryl/α,β-unsaturated/α-hetero) is 1. The number of benzene rings is 3. The molecule has 2 atom stereocenters. The lowest BCUT2D eigenvalue weighted by Crippen LogP contribution is -2.44. The predicted octanol–water partition coefficient (Wildman–Crippen LogP) is 6.64. The number of para-hydroxylation sites is 1. The summed E-state index contributed by atoms with van der Waals surface area (Å²) in [5, 5.41) is 20.7. The number of urea groups is 1. The molecule has 0 heterocycles. The summed E-state index contributed by atoms with van der Waals surface area (Å²) >= 11 is 0. The summed E-state index contributed by atoms with van der Waals surface area (Å²) in [4.78, 5) is 51.7. The number of carbonyl (C=O) groups excluding carboxylic acids is 3. The lowest BCUT2D eigenvalue weighted by Gasteiger charge is -2.29. The maximum atomic E-state index is 14.0. The fourth-order valence-corrected chi connectivity index (χ4v) is 5.26. The minimum Gasteiger partial charge on any atom is -0.494 e. The van der Waals surface area contributed by atoms with Crippen molar-refractivity contribution in [3.05, 3.63) is 72.0 Å². The highest BCUT2D eigenvalue weighted by Gasteiger charge is 2.33. The van der Waals surface area contributed by atoms with Gasteiger partial charge in [-0.3, -0.25) is 14.4 Å². The number of ketones is 1. The number of nitrogens with one attached hydrogen (secondary N) is 4. The van der Waals surface area contributed by atoms with Gasteiger partial charge in [0.2, 0.25) is 5.91 Å². The summed E-state index contributed by atoms with van der Waals surface area (Å²) in [5.74, 6) is -1.92. The fraction of sp³-hybridized carbons (Fsp3) is 0.389. The van der Waals surface area contributed by atoms with E-state index in [0.717, 1.165) is 0 Å². The molecule has 0 saturated heterocycles. The minimum absolute atomic E-state index is 0.0142. The number of rotatable bonds is 17. The Morgan fingerprint density at radius 2 is 1.47 bits per heavy atom. The number of amides is 3. The highest BCUT2D eigenvalue weighted by atomic mass is 19.1. The van der Waals surface area contributed by atoms with Gasteiger partial charge in [0.15, 0.2) is 17.3 Å². The smallest absolute Gasteiger partial charge is 0.323 e. The van der Waals surface area contributed by atoms with Crippen molar-refractivity contribution in [2.45, 2.75) is 58.5 Å². The predicted molar refractivity (Wildman–Crippen MR) is 185 cm³/mol. The van der Waals surface area contributed by atoms with Crippen LogP contribution in [0, 0.1) is 17.7 Å². The van der Waals surface area contributed by atoms with Gasteiger partial charge in [-0.15, -0.1) is 0 Å². The summed E-state index contributed by atoms with van der Waals surface area (Å²) in [6.45, 7) is 7.26. The topological polar surface area (TPSA) is 164 Å². The number of hydrogen-bond donors (Lipinski definition) is 5. The minimum atomic E-state index is -1.14. The van der Waals surface area contributed by atoms with Crippen LogP contribution in [-0.4, -0.2) is 55.7 Å². The van der Waals surface area contributed by atoms with Crippen molar-refractivity contribution in [3.8, 4) is 17.2 Å². The van der Waals surface area contributed by atoms with E-state index in [0.29, 0.717) is 34.9 Å². The molecule has 5 N–H and O–H groups in total. The number of anilines is 3. The molecule has 0 radical (unpaired) electrons. The van der Waals surface area contributed by atoms with Crippen molar-refractivity contribution in [2.24, 2.45) is 11.8 Å². The monoisotopic (exact) mass is 680 g/mol. The molecule has 3 aromatic rings. The zero-order chi connectivity index (χ0) is 36.3. The van der Waals surface area contributed by atoms with Crippen molar-refractivity contribution in [1.29, 1.82) is 0 Å². The Balaban J connectivity index is 1.75. The van der Waals surface area contributed by atoms with E-state index in [2.05, 4.69) is 21.3 Å². The van der Waals surface area contributed by atoms with Crippen LogP contribution in [0.15, 0.2) is 60.7 Å². The van der Waals surface area contributed by atoms with Gasteiger partial charge in [0.1, 0.15) is 11.6 Å². The molecule has 49 heavy (non-hydrogen) atoms. The molecule has 0 fully saturated rings. The van der Waals surface area contributed by atoms with Gasteiger partial charge in [0.25, 0.3) is 0 Å². The van der Waals surface area contributed by atoms with E-state index in [1.165, 1.54) is 39.5 Å². The Labute approximate surface area is 285 Å². The Morgan fingerprint density at radius 3 is 2.08 bits per heavy atom. The van der Waals surface area contributed by atoms with Gasteiger partial charge in [0, 0.05) is 24.1 Å². The van der Waals surface area contributed by atoms with Gasteiger partial charge in [-0.1, -0.05) is 32.0 Å². The molecule has 1 unspecified atom stereocenters. The highest BCUT2D eigenvalue weighted by molar-refractivity contribution is 6.01. The van der Waals surface area contributed by atoms with E-state index in [9.17, 15) is 28.7 Å². The third kappa shape index (κ3) is 10.8. The summed E-state index contributed by atoms with van der Waals surface area (Å²) in [7, 11) is 4.37. The lowest BCUT2D eigenvalue weighted by molar-refractivity contribution is -0.138. The quantitative estimate of drug-likeness (QED) is 0.105. The van der Waals surface area contributed by atoms with Gasteiger partial charge in [-0.05, 0) is 68.1 Å². The number of carboxylic acids is 1. The van der Waals surface area contributed by atoms with Gasteiger partial charge in [0.05, 0.1) is 50.7 Å². The van der Waals surface area contributed by atoms with E-state index >= 15 is 0 Å². The lowest BCUT2D eigenvalue weighted by atomic mass is 9.85. The molecule has 0 bridgehead atoms. The summed E-state index contributed by atoms with van der Waals surface area (Å²) < 4.78 is 30.1. The average Bonchev–Trinajstić information content (AvgIpc) is 3.04. The first-order valence-corrected chi connectivity index (χ1v) is 15.7. The number of halogens is 1. The van der Waals surface area contributed by atoms with Gasteiger partial charge in [-0.25, -0.2) is 9.18 Å². The molecule has 0 aromatic heterocycles. The molecule has 3 amide bonds. The molecule has 264 valence electrons. The van der Waals surface area contributed by atoms with Crippen LogP contribution in [0.2, 0.25) is 0 Å². The highest BCUT2D eigenvalue weighted by Crippen LogP contribution is 2.33. The zero-order valence-corrected chi connectivity index (χ0v) is 28.8. The second kappa shape index (κ2) is 17.2.